The molecule has 4 amide bonds. The fourth-order valence-electron chi connectivity index (χ4n) is 5.85. The van der Waals surface area contributed by atoms with Gasteiger partial charge in [-0.05, 0) is 54.9 Å². The van der Waals surface area contributed by atoms with Crippen LogP contribution in [0.15, 0.2) is 42.5 Å². The molecule has 2 aliphatic heterocycles. The molecule has 2 aromatic carbocycles. The highest BCUT2D eigenvalue weighted by Gasteiger charge is 2.50. The molecule has 1 N–H and O–H groups in total. The molecule has 0 spiro atoms. The highest BCUT2D eigenvalue weighted by Crippen LogP contribution is 2.36. The maximum atomic E-state index is 13.5. The molecule has 6 nitrogen and oxygen atoms in total. The monoisotopic (exact) mass is 419 g/mol. The van der Waals surface area contributed by atoms with Crippen LogP contribution in [-0.2, 0) is 15.1 Å². The lowest BCUT2D eigenvalue weighted by Crippen LogP contribution is -2.53. The Bertz CT molecular complexity index is 1040. The van der Waals surface area contributed by atoms with Gasteiger partial charge in [-0.3, -0.25) is 14.5 Å². The lowest BCUT2D eigenvalue weighted by atomic mass is 9.78. The van der Waals surface area contributed by atoms with E-state index in [0.29, 0.717) is 5.92 Å². The first kappa shape index (κ1) is 20.0. The molecule has 2 aromatic rings. The van der Waals surface area contributed by atoms with Gasteiger partial charge in [0.05, 0.1) is 0 Å². The molecule has 162 valence electrons. The summed E-state index contributed by atoms with van der Waals surface area (Å²) in [5, 5.41) is 4.80. The molecule has 2 heterocycles. The third-order valence-corrected chi connectivity index (χ3v) is 7.46. The fraction of sp³-hybridized carbons (Fsp3) is 0.480. The van der Waals surface area contributed by atoms with Crippen LogP contribution < -0.4 is 5.32 Å². The molecule has 0 unspecified atom stereocenters. The molecular formula is C25H29N3O3. The Morgan fingerprint density at radius 1 is 1.03 bits per heavy atom. The molecule has 0 bridgehead atoms. The number of likely N-dealkylation sites (tertiary alicyclic amines) is 1. The minimum Gasteiger partial charge on any atom is -0.338 e. The van der Waals surface area contributed by atoms with E-state index in [2.05, 4.69) is 5.32 Å². The molecule has 3 aliphatic rings. The maximum Gasteiger partial charge on any atom is 0.325 e. The van der Waals surface area contributed by atoms with Gasteiger partial charge in [0.15, 0.2) is 0 Å². The van der Waals surface area contributed by atoms with Crippen LogP contribution in [0.2, 0.25) is 0 Å². The van der Waals surface area contributed by atoms with Gasteiger partial charge >= 0.3 is 6.03 Å². The molecule has 6 heteroatoms. The van der Waals surface area contributed by atoms with Crippen molar-refractivity contribution in [3.05, 3.63) is 48.0 Å². The van der Waals surface area contributed by atoms with E-state index >= 15 is 0 Å². The Morgan fingerprint density at radius 3 is 2.65 bits per heavy atom. The minimum absolute atomic E-state index is 0.109. The minimum atomic E-state index is -1.19. The van der Waals surface area contributed by atoms with Crippen LogP contribution in [0.1, 0.15) is 51.0 Å². The molecule has 0 aromatic heterocycles. The number of hydrogen-bond acceptors (Lipinski definition) is 3. The summed E-state index contributed by atoms with van der Waals surface area (Å²) in [5.74, 6) is 0.0946. The predicted molar refractivity (Wildman–Crippen MR) is 118 cm³/mol. The number of piperidine rings is 1. The molecule has 0 radical (unpaired) electrons. The van der Waals surface area contributed by atoms with Crippen LogP contribution in [0.4, 0.5) is 4.79 Å². The Balaban J connectivity index is 1.39. The molecule has 3 fully saturated rings. The molecule has 1 saturated carbocycles. The average molecular weight is 420 g/mol. The summed E-state index contributed by atoms with van der Waals surface area (Å²) in [6, 6.07) is 13.4. The largest absolute Gasteiger partial charge is 0.338 e. The van der Waals surface area contributed by atoms with E-state index in [1.54, 1.807) is 6.92 Å². The van der Waals surface area contributed by atoms with Gasteiger partial charge in [0, 0.05) is 12.6 Å². The summed E-state index contributed by atoms with van der Waals surface area (Å²) in [7, 11) is 0. The zero-order valence-corrected chi connectivity index (χ0v) is 18.0. The second kappa shape index (κ2) is 7.66. The third-order valence-electron chi connectivity index (χ3n) is 7.46. The van der Waals surface area contributed by atoms with E-state index in [0.717, 1.165) is 47.0 Å². The van der Waals surface area contributed by atoms with E-state index in [1.807, 2.05) is 47.4 Å². The van der Waals surface area contributed by atoms with Crippen molar-refractivity contribution < 1.29 is 14.4 Å². The first-order valence-electron chi connectivity index (χ1n) is 11.4. The van der Waals surface area contributed by atoms with Gasteiger partial charge in [-0.25, -0.2) is 4.79 Å². The summed E-state index contributed by atoms with van der Waals surface area (Å²) in [4.78, 5) is 42.6. The van der Waals surface area contributed by atoms with Crippen molar-refractivity contribution in [3.63, 3.8) is 0 Å². The number of benzene rings is 2. The molecule has 3 atom stereocenters. The fourth-order valence-corrected chi connectivity index (χ4v) is 5.85. The van der Waals surface area contributed by atoms with E-state index in [4.69, 9.17) is 0 Å². The quantitative estimate of drug-likeness (QED) is 0.770. The van der Waals surface area contributed by atoms with Crippen molar-refractivity contribution in [1.82, 2.24) is 15.1 Å². The molecular weight excluding hydrogens is 390 g/mol. The number of nitrogens with one attached hydrogen (secondary N) is 1. The molecule has 1 aliphatic carbocycles. The van der Waals surface area contributed by atoms with Gasteiger partial charge in [-0.15, -0.1) is 0 Å². The normalized spacial score (nSPS) is 28.5. The van der Waals surface area contributed by atoms with Crippen LogP contribution in [0.3, 0.4) is 0 Å². The first-order valence-corrected chi connectivity index (χ1v) is 11.4. The summed E-state index contributed by atoms with van der Waals surface area (Å²) in [5.41, 5.74) is -0.433. The third kappa shape index (κ3) is 3.29. The van der Waals surface area contributed by atoms with Gasteiger partial charge in [0.2, 0.25) is 5.91 Å². The van der Waals surface area contributed by atoms with E-state index in [-0.39, 0.29) is 24.4 Å². The lowest BCUT2D eigenvalue weighted by Gasteiger charge is -2.44. The predicted octanol–water partition coefficient (Wildman–Crippen LogP) is 3.79. The number of rotatable bonds is 3. The van der Waals surface area contributed by atoms with Crippen LogP contribution in [0.25, 0.3) is 10.8 Å². The highest BCUT2D eigenvalue weighted by atomic mass is 16.2. The number of urea groups is 1. The summed E-state index contributed by atoms with van der Waals surface area (Å²) >= 11 is 0. The molecule has 5 rings (SSSR count). The zero-order chi connectivity index (χ0) is 21.6. The second-order valence-electron chi connectivity index (χ2n) is 9.31. The van der Waals surface area contributed by atoms with Gasteiger partial charge in [0.1, 0.15) is 12.1 Å². The van der Waals surface area contributed by atoms with Crippen molar-refractivity contribution in [2.24, 2.45) is 5.92 Å². The SMILES string of the molecule is C[C@]1(c2cccc3ccccc23)NC(=O)N(CC(=O)N2CCC[C@H]3CCCC[C@H]32)C1=O. The van der Waals surface area contributed by atoms with Crippen LogP contribution in [-0.4, -0.2) is 46.8 Å². The highest BCUT2D eigenvalue weighted by molar-refractivity contribution is 6.10. The van der Waals surface area contributed by atoms with Crippen LogP contribution in [0, 0.1) is 5.92 Å². The van der Waals surface area contributed by atoms with Crippen molar-refractivity contribution in [2.75, 3.05) is 13.1 Å². The Morgan fingerprint density at radius 2 is 1.77 bits per heavy atom. The topological polar surface area (TPSA) is 69.7 Å². The number of amides is 4. The van der Waals surface area contributed by atoms with Crippen molar-refractivity contribution in [1.29, 1.82) is 0 Å². The number of carbonyl (C=O) groups is 3. The lowest BCUT2D eigenvalue weighted by molar-refractivity contribution is -0.142. The number of imide groups is 1. The number of fused-ring (bicyclic) bond motifs is 2. The van der Waals surface area contributed by atoms with Crippen molar-refractivity contribution in [3.8, 4) is 0 Å². The Hall–Kier alpha value is -2.89. The molecule has 2 saturated heterocycles. The number of nitrogens with zero attached hydrogens (tertiary/aromatic N) is 2. The second-order valence-corrected chi connectivity index (χ2v) is 9.31. The van der Waals surface area contributed by atoms with Gasteiger partial charge in [-0.2, -0.15) is 0 Å². The zero-order valence-electron chi connectivity index (χ0n) is 18.0. The standard InChI is InChI=1S/C25H29N3O3/c1-25(20-13-6-10-17-8-2-4-12-19(17)20)23(30)28(24(31)26-25)16-22(29)27-15-7-11-18-9-3-5-14-21(18)27/h2,4,6,8,10,12-13,18,21H,3,5,7,9,11,14-16H2,1H3,(H,26,31)/t18-,21-,25-/m1/s1. The van der Waals surface area contributed by atoms with Crippen molar-refractivity contribution >= 4 is 28.6 Å². The van der Waals surface area contributed by atoms with Gasteiger partial charge in [0.25, 0.3) is 5.91 Å². The van der Waals surface area contributed by atoms with Gasteiger partial charge < -0.3 is 10.2 Å². The maximum absolute atomic E-state index is 13.5. The van der Waals surface area contributed by atoms with Crippen LogP contribution in [0.5, 0.6) is 0 Å². The molecule has 31 heavy (non-hydrogen) atoms. The van der Waals surface area contributed by atoms with Gasteiger partial charge in [-0.1, -0.05) is 55.3 Å². The van der Waals surface area contributed by atoms with E-state index < -0.39 is 11.6 Å². The number of carbonyl (C=O) groups excluding carboxylic acids is 3. The summed E-state index contributed by atoms with van der Waals surface area (Å²) in [6.07, 6.45) is 6.77. The average Bonchev–Trinajstić information content (AvgIpc) is 3.02. The van der Waals surface area contributed by atoms with E-state index in [9.17, 15) is 14.4 Å². The summed E-state index contributed by atoms with van der Waals surface area (Å²) in [6.45, 7) is 2.27. The van der Waals surface area contributed by atoms with E-state index in [1.165, 1.54) is 19.3 Å². The smallest absolute Gasteiger partial charge is 0.325 e. The summed E-state index contributed by atoms with van der Waals surface area (Å²) < 4.78 is 0. The van der Waals surface area contributed by atoms with Crippen LogP contribution >= 0.6 is 0 Å². The van der Waals surface area contributed by atoms with Crippen molar-refractivity contribution in [2.45, 2.75) is 57.0 Å². The Labute approximate surface area is 182 Å². The number of hydrogen-bond donors (Lipinski definition) is 1. The first-order chi connectivity index (χ1) is 15.0. The Kier molecular flexibility index (Phi) is 4.95.